The van der Waals surface area contributed by atoms with Crippen LogP contribution < -0.4 is 10.5 Å². The van der Waals surface area contributed by atoms with Crippen molar-refractivity contribution in [2.45, 2.75) is 40.3 Å². The van der Waals surface area contributed by atoms with E-state index in [2.05, 4.69) is 63.9 Å². The number of benzene rings is 2. The summed E-state index contributed by atoms with van der Waals surface area (Å²) in [4.78, 5) is 23.8. The number of aromatic nitrogens is 5. The van der Waals surface area contributed by atoms with Crippen molar-refractivity contribution in [2.24, 2.45) is 0 Å². The lowest BCUT2D eigenvalue weighted by atomic mass is 9.90. The van der Waals surface area contributed by atoms with Crippen LogP contribution in [0, 0.1) is 6.92 Å². The maximum absolute atomic E-state index is 11.7. The molecule has 36 heavy (non-hydrogen) atoms. The van der Waals surface area contributed by atoms with Crippen LogP contribution in [0.3, 0.4) is 0 Å². The minimum absolute atomic E-state index is 0.403. The van der Waals surface area contributed by atoms with Crippen LogP contribution in [0.25, 0.3) is 22.3 Å². The number of H-pyrrole nitrogens is 1. The summed E-state index contributed by atoms with van der Waals surface area (Å²) in [5.41, 5.74) is 8.83. The first-order valence-corrected chi connectivity index (χ1v) is 12.0. The molecule has 0 atom stereocenters. The Bertz CT molecular complexity index is 1710. The summed E-state index contributed by atoms with van der Waals surface area (Å²) in [6.07, 6.45) is 2.65. The third-order valence-corrected chi connectivity index (χ3v) is 6.73. The van der Waals surface area contributed by atoms with Gasteiger partial charge in [-0.1, -0.05) is 48.5 Å². The van der Waals surface area contributed by atoms with E-state index in [1.54, 1.807) is 0 Å². The molecular formula is C28H25N5O3. The zero-order valence-electron chi connectivity index (χ0n) is 20.3. The molecule has 0 spiro atoms. The van der Waals surface area contributed by atoms with Crippen molar-refractivity contribution in [1.82, 2.24) is 24.7 Å². The van der Waals surface area contributed by atoms with Gasteiger partial charge in [-0.2, -0.15) is 0 Å². The molecule has 1 N–H and O–H groups in total. The van der Waals surface area contributed by atoms with Gasteiger partial charge in [-0.05, 0) is 53.8 Å². The summed E-state index contributed by atoms with van der Waals surface area (Å²) < 4.78 is 13.3. The number of rotatable bonds is 4. The van der Waals surface area contributed by atoms with E-state index in [1.807, 2.05) is 31.3 Å². The number of hydrogen-bond donors (Lipinski definition) is 1. The minimum Gasteiger partial charge on any atom is -0.488 e. The zero-order valence-corrected chi connectivity index (χ0v) is 20.3. The van der Waals surface area contributed by atoms with Gasteiger partial charge in [0.25, 0.3) is 0 Å². The highest BCUT2D eigenvalue weighted by atomic mass is 16.5. The summed E-state index contributed by atoms with van der Waals surface area (Å²) in [5.74, 6) is 1.60. The highest BCUT2D eigenvalue weighted by molar-refractivity contribution is 5.99. The molecule has 0 saturated carbocycles. The van der Waals surface area contributed by atoms with E-state index in [1.165, 1.54) is 0 Å². The Morgan fingerprint density at radius 2 is 2.00 bits per heavy atom. The van der Waals surface area contributed by atoms with E-state index in [4.69, 9.17) is 14.2 Å². The fourth-order valence-corrected chi connectivity index (χ4v) is 4.90. The minimum atomic E-state index is -0.582. The van der Waals surface area contributed by atoms with E-state index >= 15 is 0 Å². The maximum atomic E-state index is 11.7. The number of hydrogen-bond acceptors (Lipinski definition) is 6. The number of pyridine rings is 1. The third-order valence-electron chi connectivity index (χ3n) is 6.73. The van der Waals surface area contributed by atoms with Crippen molar-refractivity contribution in [1.29, 1.82) is 0 Å². The molecule has 5 aromatic rings. The van der Waals surface area contributed by atoms with Gasteiger partial charge in [0, 0.05) is 23.8 Å². The van der Waals surface area contributed by atoms with Crippen molar-refractivity contribution < 1.29 is 9.26 Å². The van der Waals surface area contributed by atoms with Crippen LogP contribution in [0.2, 0.25) is 0 Å². The second-order valence-corrected chi connectivity index (χ2v) is 8.99. The average Bonchev–Trinajstić information content (AvgIpc) is 3.44. The Kier molecular flexibility index (Phi) is 5.29. The summed E-state index contributed by atoms with van der Waals surface area (Å²) >= 11 is 0. The number of ether oxygens (including phenoxy) is 1. The predicted molar refractivity (Wildman–Crippen MR) is 137 cm³/mol. The average molecular weight is 480 g/mol. The highest BCUT2D eigenvalue weighted by Gasteiger charge is 2.23. The molecule has 4 heterocycles. The summed E-state index contributed by atoms with van der Waals surface area (Å²) in [7, 11) is 0. The Hall–Kier alpha value is -4.46. The number of nitrogens with one attached hydrogen (secondary N) is 1. The van der Waals surface area contributed by atoms with Gasteiger partial charge in [0.1, 0.15) is 23.7 Å². The molecule has 0 saturated heterocycles. The van der Waals surface area contributed by atoms with Crippen LogP contribution in [-0.4, -0.2) is 24.7 Å². The molecule has 180 valence electrons. The first-order valence-electron chi connectivity index (χ1n) is 12.0. The lowest BCUT2D eigenvalue weighted by Crippen LogP contribution is -2.06. The molecule has 0 bridgehead atoms. The molecule has 3 aromatic heterocycles. The van der Waals surface area contributed by atoms with Gasteiger partial charge >= 0.3 is 5.76 Å². The van der Waals surface area contributed by atoms with Gasteiger partial charge in [0.05, 0.1) is 6.54 Å². The molecule has 0 unspecified atom stereocenters. The second-order valence-electron chi connectivity index (χ2n) is 8.99. The van der Waals surface area contributed by atoms with Crippen molar-refractivity contribution >= 4 is 22.3 Å². The van der Waals surface area contributed by atoms with E-state index in [0.717, 1.165) is 68.1 Å². The molecule has 6 rings (SSSR count). The topological polar surface area (TPSA) is 98.8 Å². The van der Waals surface area contributed by atoms with E-state index < -0.39 is 5.76 Å². The van der Waals surface area contributed by atoms with Gasteiger partial charge in [-0.3, -0.25) is 9.51 Å². The third kappa shape index (κ3) is 3.62. The molecule has 8 heteroatoms. The Labute approximate surface area is 207 Å². The number of fused-ring (bicyclic) bond motifs is 3. The van der Waals surface area contributed by atoms with Gasteiger partial charge in [-0.15, -0.1) is 0 Å². The Morgan fingerprint density at radius 1 is 1.14 bits per heavy atom. The molecule has 0 aliphatic carbocycles. The van der Waals surface area contributed by atoms with Gasteiger partial charge in [-0.25, -0.2) is 14.8 Å². The van der Waals surface area contributed by atoms with Gasteiger partial charge in [0.2, 0.25) is 0 Å². The van der Waals surface area contributed by atoms with E-state index in [0.29, 0.717) is 19.0 Å². The Balaban J connectivity index is 1.49. The monoisotopic (exact) mass is 479 g/mol. The number of aryl methyl sites for hydroxylation is 2. The van der Waals surface area contributed by atoms with Crippen LogP contribution in [0.4, 0.5) is 0 Å². The Morgan fingerprint density at radius 3 is 2.81 bits per heavy atom. The number of imidazole rings is 1. The van der Waals surface area contributed by atoms with Crippen molar-refractivity contribution in [2.75, 3.05) is 0 Å². The molecule has 0 radical (unpaired) electrons. The van der Waals surface area contributed by atoms with Crippen LogP contribution in [0.15, 0.2) is 64.0 Å². The normalized spacial score (nSPS) is 14.2. The van der Waals surface area contributed by atoms with E-state index in [9.17, 15) is 4.79 Å². The SMILES string of the molecule is CCc1nc2c(C)ccnc2n1Cc1ccc2c(c1)OCc1ccccc1/C2=C(/C)c1noc(=O)[nH]1. The van der Waals surface area contributed by atoms with Crippen LogP contribution >= 0.6 is 0 Å². The fraction of sp³-hybridized carbons (Fsp3) is 0.214. The van der Waals surface area contributed by atoms with Crippen molar-refractivity contribution in [3.63, 3.8) is 0 Å². The maximum Gasteiger partial charge on any atom is 0.439 e. The molecule has 1 aliphatic rings. The summed E-state index contributed by atoms with van der Waals surface area (Å²) in [6.45, 7) is 7.18. The molecule has 8 nitrogen and oxygen atoms in total. The predicted octanol–water partition coefficient (Wildman–Crippen LogP) is 4.90. The lowest BCUT2D eigenvalue weighted by molar-refractivity contribution is 0.307. The van der Waals surface area contributed by atoms with E-state index in [-0.39, 0.29) is 0 Å². The van der Waals surface area contributed by atoms with Crippen LogP contribution in [0.5, 0.6) is 5.75 Å². The molecular weight excluding hydrogens is 454 g/mol. The molecule has 0 fully saturated rings. The standard InChI is InChI=1S/C28H25N5O3/c1-4-23-30-25-16(2)11-12-29-27(25)33(23)14-18-9-10-21-22(13-18)35-15-19-7-5-6-8-20(19)24(21)17(3)26-31-28(34)36-32-26/h5-13H,4,14-15H2,1-3H3,(H,31,32,34)/b24-17+. The van der Waals surface area contributed by atoms with Crippen LogP contribution in [-0.2, 0) is 19.6 Å². The smallest absolute Gasteiger partial charge is 0.439 e. The number of allylic oxidation sites excluding steroid dienone is 1. The summed E-state index contributed by atoms with van der Waals surface area (Å²) in [5, 5.41) is 3.93. The lowest BCUT2D eigenvalue weighted by Gasteiger charge is -2.15. The highest BCUT2D eigenvalue weighted by Crippen LogP contribution is 2.41. The van der Waals surface area contributed by atoms with Crippen LogP contribution in [0.1, 0.15) is 53.3 Å². The second kappa shape index (κ2) is 8.64. The van der Waals surface area contributed by atoms with Crippen molar-refractivity contribution in [3.05, 3.63) is 105 Å². The van der Waals surface area contributed by atoms with Gasteiger partial charge in [0.15, 0.2) is 11.5 Å². The largest absolute Gasteiger partial charge is 0.488 e. The first kappa shape index (κ1) is 22.0. The molecule has 2 aromatic carbocycles. The number of nitrogens with zero attached hydrogens (tertiary/aromatic N) is 4. The fourth-order valence-electron chi connectivity index (χ4n) is 4.90. The number of aromatic amines is 1. The zero-order chi connectivity index (χ0) is 24.8. The van der Waals surface area contributed by atoms with Gasteiger partial charge < -0.3 is 9.30 Å². The summed E-state index contributed by atoms with van der Waals surface area (Å²) in [6, 6.07) is 16.4. The first-order chi connectivity index (χ1) is 17.5. The molecule has 1 aliphatic heterocycles. The quantitative estimate of drug-likeness (QED) is 0.394. The van der Waals surface area contributed by atoms with Crippen molar-refractivity contribution in [3.8, 4) is 5.75 Å². The molecule has 0 amide bonds.